The molecule has 0 spiro atoms. The fraction of sp³-hybridized carbons (Fsp3) is 0.190. The van der Waals surface area contributed by atoms with Gasteiger partial charge in [-0.15, -0.1) is 0 Å². The molecule has 136 valence electrons. The van der Waals surface area contributed by atoms with Gasteiger partial charge >= 0.3 is 5.97 Å². The molecule has 0 aromatic heterocycles. The van der Waals surface area contributed by atoms with E-state index in [2.05, 4.69) is 6.07 Å². The van der Waals surface area contributed by atoms with Crippen molar-refractivity contribution in [2.24, 2.45) is 5.92 Å². The number of halogens is 1. The molecule has 6 heteroatoms. The summed E-state index contributed by atoms with van der Waals surface area (Å²) >= 11 is 6.37. The van der Waals surface area contributed by atoms with Crippen molar-refractivity contribution in [3.8, 4) is 6.07 Å². The monoisotopic (exact) mass is 380 g/mol. The average Bonchev–Trinajstić information content (AvgIpc) is 2.68. The zero-order chi connectivity index (χ0) is 19.4. The third-order valence-electron chi connectivity index (χ3n) is 4.29. The number of nitriles is 1. The van der Waals surface area contributed by atoms with E-state index in [-0.39, 0.29) is 23.8 Å². The molecule has 0 radical (unpaired) electrons. The molecule has 3 rings (SSSR count). The standard InChI is InChI=1S/C21H17ClN2O3/c1-2-26-21(25)18-17(14-10-6-7-11-16(14)22)15(12-23)20(24)27-19(18)13-8-4-3-5-9-13/h3-11,15,17,24H,2H2,1H3. The molecule has 0 amide bonds. The smallest absolute Gasteiger partial charge is 0.338 e. The second kappa shape index (κ2) is 8.07. The minimum atomic E-state index is -0.989. The van der Waals surface area contributed by atoms with E-state index in [9.17, 15) is 10.1 Å². The number of carbonyl (C=O) groups excluding carboxylic acids is 1. The second-order valence-corrected chi connectivity index (χ2v) is 6.31. The summed E-state index contributed by atoms with van der Waals surface area (Å²) in [5.41, 5.74) is 1.40. The molecule has 0 saturated carbocycles. The topological polar surface area (TPSA) is 83.2 Å². The molecule has 2 aromatic carbocycles. The third-order valence-corrected chi connectivity index (χ3v) is 4.64. The van der Waals surface area contributed by atoms with Crippen LogP contribution in [0.15, 0.2) is 60.2 Å². The van der Waals surface area contributed by atoms with Gasteiger partial charge in [-0.05, 0) is 18.6 Å². The quantitative estimate of drug-likeness (QED) is 0.789. The van der Waals surface area contributed by atoms with E-state index < -0.39 is 17.8 Å². The van der Waals surface area contributed by atoms with Crippen LogP contribution in [0.1, 0.15) is 24.0 Å². The van der Waals surface area contributed by atoms with E-state index in [1.54, 1.807) is 55.5 Å². The molecule has 1 aliphatic rings. The zero-order valence-corrected chi connectivity index (χ0v) is 15.4. The SMILES string of the molecule is CCOC(=O)C1=C(c2ccccc2)OC(=N)C(C#N)C1c1ccccc1Cl. The van der Waals surface area contributed by atoms with E-state index in [1.807, 2.05) is 6.07 Å². The number of carbonyl (C=O) groups is 1. The lowest BCUT2D eigenvalue weighted by Crippen LogP contribution is -2.33. The van der Waals surface area contributed by atoms with E-state index >= 15 is 0 Å². The molecule has 1 N–H and O–H groups in total. The number of esters is 1. The summed E-state index contributed by atoms with van der Waals surface area (Å²) in [6.45, 7) is 1.88. The Morgan fingerprint density at radius 1 is 1.22 bits per heavy atom. The molecule has 0 fully saturated rings. The molecule has 5 nitrogen and oxygen atoms in total. The summed E-state index contributed by atoms with van der Waals surface area (Å²) in [5, 5.41) is 18.3. The van der Waals surface area contributed by atoms with Crippen molar-refractivity contribution in [3.63, 3.8) is 0 Å². The highest BCUT2D eigenvalue weighted by atomic mass is 35.5. The molecule has 2 aromatic rings. The maximum absolute atomic E-state index is 12.9. The Balaban J connectivity index is 2.30. The number of rotatable bonds is 4. The van der Waals surface area contributed by atoms with Crippen LogP contribution in [0.25, 0.3) is 5.76 Å². The highest BCUT2D eigenvalue weighted by Crippen LogP contribution is 2.44. The van der Waals surface area contributed by atoms with Gasteiger partial charge in [0.15, 0.2) is 0 Å². The van der Waals surface area contributed by atoms with Crippen molar-refractivity contribution in [1.29, 1.82) is 10.7 Å². The van der Waals surface area contributed by atoms with Crippen LogP contribution in [-0.4, -0.2) is 18.5 Å². The molecule has 1 aliphatic heterocycles. The maximum atomic E-state index is 12.9. The third kappa shape index (κ3) is 3.57. The Morgan fingerprint density at radius 2 is 1.89 bits per heavy atom. The number of hydrogen-bond acceptors (Lipinski definition) is 5. The average molecular weight is 381 g/mol. The van der Waals surface area contributed by atoms with Crippen LogP contribution in [-0.2, 0) is 14.3 Å². The first-order valence-corrected chi connectivity index (χ1v) is 8.83. The molecular formula is C21H17ClN2O3. The Morgan fingerprint density at radius 3 is 2.52 bits per heavy atom. The van der Waals surface area contributed by atoms with Crippen LogP contribution in [0.3, 0.4) is 0 Å². The van der Waals surface area contributed by atoms with Crippen molar-refractivity contribution in [1.82, 2.24) is 0 Å². The number of benzene rings is 2. The zero-order valence-electron chi connectivity index (χ0n) is 14.6. The molecule has 0 bridgehead atoms. The van der Waals surface area contributed by atoms with Crippen LogP contribution < -0.4 is 0 Å². The van der Waals surface area contributed by atoms with Gasteiger partial charge in [-0.3, -0.25) is 5.41 Å². The summed E-state index contributed by atoms with van der Waals surface area (Å²) in [6.07, 6.45) is 0. The van der Waals surface area contributed by atoms with Gasteiger partial charge < -0.3 is 9.47 Å². The largest absolute Gasteiger partial charge is 0.463 e. The first-order valence-electron chi connectivity index (χ1n) is 8.45. The fourth-order valence-electron chi connectivity index (χ4n) is 3.12. The minimum Gasteiger partial charge on any atom is -0.463 e. The van der Waals surface area contributed by atoms with E-state index in [0.717, 1.165) is 0 Å². The van der Waals surface area contributed by atoms with Crippen molar-refractivity contribution >= 4 is 29.2 Å². The summed E-state index contributed by atoms with van der Waals surface area (Å²) in [7, 11) is 0. The molecule has 2 unspecified atom stereocenters. The van der Waals surface area contributed by atoms with Gasteiger partial charge in [0.25, 0.3) is 0 Å². The molecule has 0 aliphatic carbocycles. The van der Waals surface area contributed by atoms with Crippen LogP contribution in [0.4, 0.5) is 0 Å². The fourth-order valence-corrected chi connectivity index (χ4v) is 3.37. The molecule has 0 saturated heterocycles. The number of hydrogen-bond donors (Lipinski definition) is 1. The van der Waals surface area contributed by atoms with E-state index in [4.69, 9.17) is 26.5 Å². The van der Waals surface area contributed by atoms with Gasteiger partial charge in [-0.1, -0.05) is 60.1 Å². The van der Waals surface area contributed by atoms with Crippen LogP contribution in [0.5, 0.6) is 0 Å². The van der Waals surface area contributed by atoms with Crippen molar-refractivity contribution in [3.05, 3.63) is 76.3 Å². The summed E-state index contributed by atoms with van der Waals surface area (Å²) < 4.78 is 10.9. The predicted molar refractivity (Wildman–Crippen MR) is 102 cm³/mol. The van der Waals surface area contributed by atoms with Crippen molar-refractivity contribution in [2.75, 3.05) is 6.61 Å². The Hall–Kier alpha value is -3.10. The lowest BCUT2D eigenvalue weighted by Gasteiger charge is -2.32. The summed E-state index contributed by atoms with van der Waals surface area (Å²) in [5.74, 6) is -2.35. The maximum Gasteiger partial charge on any atom is 0.338 e. The van der Waals surface area contributed by atoms with Gasteiger partial charge in [-0.25, -0.2) is 4.79 Å². The van der Waals surface area contributed by atoms with Gasteiger partial charge in [0.2, 0.25) is 5.90 Å². The Kier molecular flexibility index (Phi) is 5.58. The van der Waals surface area contributed by atoms with E-state index in [0.29, 0.717) is 16.1 Å². The lowest BCUT2D eigenvalue weighted by atomic mass is 9.78. The minimum absolute atomic E-state index is 0.175. The normalized spacial score (nSPS) is 19.2. The second-order valence-electron chi connectivity index (χ2n) is 5.90. The van der Waals surface area contributed by atoms with Crippen LogP contribution in [0.2, 0.25) is 5.02 Å². The number of nitrogens with zero attached hydrogens (tertiary/aromatic N) is 1. The summed E-state index contributed by atoms with van der Waals surface area (Å²) in [4.78, 5) is 12.9. The Bertz CT molecular complexity index is 947. The van der Waals surface area contributed by atoms with Crippen LogP contribution >= 0.6 is 11.6 Å². The van der Waals surface area contributed by atoms with Crippen molar-refractivity contribution < 1.29 is 14.3 Å². The highest BCUT2D eigenvalue weighted by molar-refractivity contribution is 6.31. The predicted octanol–water partition coefficient (Wildman–Crippen LogP) is 4.55. The highest BCUT2D eigenvalue weighted by Gasteiger charge is 2.43. The number of nitrogens with one attached hydrogen (secondary N) is 1. The lowest BCUT2D eigenvalue weighted by molar-refractivity contribution is -0.139. The van der Waals surface area contributed by atoms with E-state index in [1.165, 1.54) is 0 Å². The van der Waals surface area contributed by atoms with Crippen molar-refractivity contribution in [2.45, 2.75) is 12.8 Å². The molecule has 1 heterocycles. The molecular weight excluding hydrogens is 364 g/mol. The van der Waals surface area contributed by atoms with Gasteiger partial charge in [0.05, 0.1) is 18.2 Å². The first kappa shape index (κ1) is 18.7. The van der Waals surface area contributed by atoms with Gasteiger partial charge in [-0.2, -0.15) is 5.26 Å². The Labute approximate surface area is 162 Å². The first-order chi connectivity index (χ1) is 13.1. The summed E-state index contributed by atoms with van der Waals surface area (Å²) in [6, 6.07) is 18.1. The van der Waals surface area contributed by atoms with Gasteiger partial charge in [0.1, 0.15) is 11.7 Å². The molecule has 27 heavy (non-hydrogen) atoms. The number of ether oxygens (including phenoxy) is 2. The van der Waals surface area contributed by atoms with Gasteiger partial charge in [0, 0.05) is 16.5 Å². The van der Waals surface area contributed by atoms with Crippen LogP contribution in [0, 0.1) is 22.7 Å². The molecule has 2 atom stereocenters.